The molecule has 0 aromatic heterocycles. The van der Waals surface area contributed by atoms with Crippen LogP contribution in [0.15, 0.2) is 47.7 Å². The van der Waals surface area contributed by atoms with Crippen molar-refractivity contribution in [3.63, 3.8) is 0 Å². The summed E-state index contributed by atoms with van der Waals surface area (Å²) >= 11 is 0. The first-order valence-corrected chi connectivity index (χ1v) is 8.25. The Kier molecular flexibility index (Phi) is 4.74. The third-order valence-electron chi connectivity index (χ3n) is 4.55. The summed E-state index contributed by atoms with van der Waals surface area (Å²) in [6.07, 6.45) is 9.25. The number of hydrogen-bond acceptors (Lipinski definition) is 3. The Morgan fingerprint density at radius 1 is 1.18 bits per heavy atom. The van der Waals surface area contributed by atoms with Crippen LogP contribution in [0.5, 0.6) is 0 Å². The molecule has 1 fully saturated rings. The predicted octanol–water partition coefficient (Wildman–Crippen LogP) is 3.40. The van der Waals surface area contributed by atoms with Crippen molar-refractivity contribution in [2.45, 2.75) is 32.6 Å². The van der Waals surface area contributed by atoms with Crippen molar-refractivity contribution in [3.05, 3.63) is 59.3 Å². The summed E-state index contributed by atoms with van der Waals surface area (Å²) < 4.78 is 0. The molecule has 0 aliphatic carbocycles. The van der Waals surface area contributed by atoms with Gasteiger partial charge in [-0.3, -0.25) is 5.43 Å². The van der Waals surface area contributed by atoms with Crippen molar-refractivity contribution in [2.75, 3.05) is 19.6 Å². The lowest BCUT2D eigenvalue weighted by atomic mass is 9.99. The highest BCUT2D eigenvalue weighted by molar-refractivity contribution is 6.09. The van der Waals surface area contributed by atoms with Gasteiger partial charge in [-0.1, -0.05) is 25.1 Å². The maximum atomic E-state index is 4.34. The molecule has 116 valence electrons. The quantitative estimate of drug-likeness (QED) is 0.922. The molecule has 0 bridgehead atoms. The first-order valence-electron chi connectivity index (χ1n) is 8.25. The Balaban J connectivity index is 1.64. The largest absolute Gasteiger partial charge is 0.303 e. The molecule has 1 N–H and O–H groups in total. The number of likely N-dealkylation sites (tertiary alicyclic amines) is 1. The second kappa shape index (κ2) is 6.93. The van der Waals surface area contributed by atoms with E-state index < -0.39 is 0 Å². The van der Waals surface area contributed by atoms with E-state index in [4.69, 9.17) is 0 Å². The summed E-state index contributed by atoms with van der Waals surface area (Å²) in [6.45, 7) is 9.76. The molecule has 2 aliphatic rings. The van der Waals surface area contributed by atoms with Crippen LogP contribution in [-0.4, -0.2) is 30.2 Å². The van der Waals surface area contributed by atoms with Gasteiger partial charge in [0.05, 0.1) is 5.71 Å². The molecular formula is C19H25N3. The molecule has 1 aromatic carbocycles. The van der Waals surface area contributed by atoms with Gasteiger partial charge in [0.25, 0.3) is 0 Å². The van der Waals surface area contributed by atoms with Crippen molar-refractivity contribution < 1.29 is 0 Å². The molecule has 1 aromatic rings. The monoisotopic (exact) mass is 295 g/mol. The van der Waals surface area contributed by atoms with Gasteiger partial charge in [0.1, 0.15) is 0 Å². The lowest BCUT2D eigenvalue weighted by Gasteiger charge is -2.26. The Morgan fingerprint density at radius 2 is 2.00 bits per heavy atom. The number of rotatable bonds is 4. The fourth-order valence-electron chi connectivity index (χ4n) is 3.14. The van der Waals surface area contributed by atoms with E-state index in [0.717, 1.165) is 23.4 Å². The maximum absolute atomic E-state index is 4.34. The summed E-state index contributed by atoms with van der Waals surface area (Å²) in [5.41, 5.74) is 8.71. The fraction of sp³-hybridized carbons (Fsp3) is 0.421. The minimum atomic E-state index is 0.832. The molecule has 22 heavy (non-hydrogen) atoms. The van der Waals surface area contributed by atoms with Crippen LogP contribution in [0.1, 0.15) is 36.0 Å². The number of nitrogens with zero attached hydrogens (tertiary/aromatic N) is 2. The molecule has 0 unspecified atom stereocenters. The molecule has 0 saturated carbocycles. The highest BCUT2D eigenvalue weighted by atomic mass is 15.3. The summed E-state index contributed by atoms with van der Waals surface area (Å²) in [5.74, 6) is 0. The van der Waals surface area contributed by atoms with E-state index in [1.807, 2.05) is 12.2 Å². The van der Waals surface area contributed by atoms with E-state index in [9.17, 15) is 0 Å². The van der Waals surface area contributed by atoms with Crippen molar-refractivity contribution in [1.29, 1.82) is 0 Å². The van der Waals surface area contributed by atoms with E-state index in [1.165, 1.54) is 50.0 Å². The van der Waals surface area contributed by atoms with Gasteiger partial charge in [-0.15, -0.1) is 0 Å². The van der Waals surface area contributed by atoms with Crippen LogP contribution >= 0.6 is 0 Å². The molecule has 2 aliphatic heterocycles. The molecule has 3 heteroatoms. The van der Waals surface area contributed by atoms with E-state index in [-0.39, 0.29) is 0 Å². The van der Waals surface area contributed by atoms with Crippen LogP contribution < -0.4 is 5.43 Å². The smallest absolute Gasteiger partial charge is 0.0906 e. The number of hydrazone groups is 1. The van der Waals surface area contributed by atoms with Crippen LogP contribution in [0.4, 0.5) is 0 Å². The number of allylic oxidation sites excluding steroid dienone is 2. The Morgan fingerprint density at radius 3 is 2.68 bits per heavy atom. The Bertz CT molecular complexity index is 607. The van der Waals surface area contributed by atoms with Crippen LogP contribution in [-0.2, 0) is 6.42 Å². The van der Waals surface area contributed by atoms with Crippen LogP contribution in [0.2, 0.25) is 0 Å². The SMILES string of the molecule is C=C1C=CC(c2ccc(CCN3CCCCC3)c(C)c2)=NN1. The first kappa shape index (κ1) is 15.0. The fourth-order valence-corrected chi connectivity index (χ4v) is 3.14. The van der Waals surface area contributed by atoms with Crippen molar-refractivity contribution >= 4 is 5.71 Å². The Labute approximate surface area is 133 Å². The predicted molar refractivity (Wildman–Crippen MR) is 93.1 cm³/mol. The van der Waals surface area contributed by atoms with Crippen molar-refractivity contribution in [3.8, 4) is 0 Å². The van der Waals surface area contributed by atoms with E-state index >= 15 is 0 Å². The molecule has 0 spiro atoms. The molecule has 2 heterocycles. The molecular weight excluding hydrogens is 270 g/mol. The summed E-state index contributed by atoms with van der Waals surface area (Å²) in [5, 5.41) is 4.34. The number of hydrogen-bond donors (Lipinski definition) is 1. The van der Waals surface area contributed by atoms with E-state index in [0.29, 0.717) is 0 Å². The molecule has 0 radical (unpaired) electrons. The standard InChI is InChI=1S/C19H25N3/c1-15-14-18(19-9-6-16(2)20-21-19)8-7-17(15)10-13-22-11-4-3-5-12-22/h6-9,14,20H,2-5,10-13H2,1H3. The van der Waals surface area contributed by atoms with Crippen LogP contribution in [0.25, 0.3) is 0 Å². The highest BCUT2D eigenvalue weighted by Gasteiger charge is 2.11. The third kappa shape index (κ3) is 3.66. The number of piperidine rings is 1. The first-order chi connectivity index (χ1) is 10.7. The number of aryl methyl sites for hydroxylation is 1. The van der Waals surface area contributed by atoms with E-state index in [1.54, 1.807) is 0 Å². The van der Waals surface area contributed by atoms with Gasteiger partial charge < -0.3 is 4.90 Å². The van der Waals surface area contributed by atoms with Crippen LogP contribution in [0, 0.1) is 6.92 Å². The van der Waals surface area contributed by atoms with E-state index in [2.05, 4.69) is 47.1 Å². The minimum Gasteiger partial charge on any atom is -0.303 e. The third-order valence-corrected chi connectivity index (χ3v) is 4.55. The Hall–Kier alpha value is -1.87. The van der Waals surface area contributed by atoms with Gasteiger partial charge in [0.2, 0.25) is 0 Å². The molecule has 0 amide bonds. The zero-order valence-electron chi connectivity index (χ0n) is 13.4. The average Bonchev–Trinajstić information content (AvgIpc) is 2.55. The summed E-state index contributed by atoms with van der Waals surface area (Å²) in [7, 11) is 0. The second-order valence-corrected chi connectivity index (χ2v) is 6.26. The second-order valence-electron chi connectivity index (χ2n) is 6.26. The van der Waals surface area contributed by atoms with Gasteiger partial charge >= 0.3 is 0 Å². The summed E-state index contributed by atoms with van der Waals surface area (Å²) in [4.78, 5) is 2.60. The average molecular weight is 295 g/mol. The van der Waals surface area contributed by atoms with Gasteiger partial charge in [-0.25, -0.2) is 0 Å². The topological polar surface area (TPSA) is 27.6 Å². The van der Waals surface area contributed by atoms with Gasteiger partial charge in [0, 0.05) is 17.8 Å². The lowest BCUT2D eigenvalue weighted by Crippen LogP contribution is -2.31. The number of benzene rings is 1. The van der Waals surface area contributed by atoms with Gasteiger partial charge in [-0.05, 0) is 68.6 Å². The highest BCUT2D eigenvalue weighted by Crippen LogP contribution is 2.16. The summed E-state index contributed by atoms with van der Waals surface area (Å²) in [6, 6.07) is 6.68. The zero-order valence-corrected chi connectivity index (χ0v) is 13.4. The van der Waals surface area contributed by atoms with Gasteiger partial charge in [-0.2, -0.15) is 5.10 Å². The molecule has 0 atom stereocenters. The van der Waals surface area contributed by atoms with Crippen molar-refractivity contribution in [2.24, 2.45) is 5.10 Å². The normalized spacial score (nSPS) is 19.0. The van der Waals surface area contributed by atoms with Crippen LogP contribution in [0.3, 0.4) is 0 Å². The number of nitrogens with one attached hydrogen (secondary N) is 1. The molecule has 3 rings (SSSR count). The lowest BCUT2D eigenvalue weighted by molar-refractivity contribution is 0.231. The minimum absolute atomic E-state index is 0.832. The van der Waals surface area contributed by atoms with Crippen molar-refractivity contribution in [1.82, 2.24) is 10.3 Å². The molecule has 1 saturated heterocycles. The van der Waals surface area contributed by atoms with Gasteiger partial charge in [0.15, 0.2) is 0 Å². The molecule has 3 nitrogen and oxygen atoms in total. The maximum Gasteiger partial charge on any atom is 0.0906 e. The zero-order chi connectivity index (χ0) is 15.4.